The molecule has 1 aliphatic heterocycles. The van der Waals surface area contributed by atoms with Crippen molar-refractivity contribution < 1.29 is 4.79 Å². The van der Waals surface area contributed by atoms with Crippen molar-refractivity contribution in [3.8, 4) is 5.69 Å². The Morgan fingerprint density at radius 1 is 0.852 bits per heavy atom. The van der Waals surface area contributed by atoms with Crippen LogP contribution in [0.4, 0.5) is 5.82 Å². The first-order valence-corrected chi connectivity index (χ1v) is 8.83. The van der Waals surface area contributed by atoms with Crippen LogP contribution in [0.25, 0.3) is 5.69 Å². The third-order valence-corrected chi connectivity index (χ3v) is 4.56. The van der Waals surface area contributed by atoms with Crippen molar-refractivity contribution in [2.45, 2.75) is 0 Å². The molecule has 0 saturated carbocycles. The van der Waals surface area contributed by atoms with Crippen LogP contribution in [0.3, 0.4) is 0 Å². The summed E-state index contributed by atoms with van der Waals surface area (Å²) in [7, 11) is 0. The second-order valence-corrected chi connectivity index (χ2v) is 6.27. The Morgan fingerprint density at radius 2 is 1.59 bits per heavy atom. The molecule has 3 heterocycles. The fraction of sp³-hybridized carbons (Fsp3) is 0.200. The van der Waals surface area contributed by atoms with Crippen molar-refractivity contribution >= 4 is 11.7 Å². The number of nitrogens with zero attached hydrogens (tertiary/aromatic N) is 5. The SMILES string of the molecule is O=C(c1ccc(=O)n(-c2ccccc2)n1)N1CCN(c2ccccn2)CC1. The summed E-state index contributed by atoms with van der Waals surface area (Å²) in [5.41, 5.74) is 0.639. The summed E-state index contributed by atoms with van der Waals surface area (Å²) >= 11 is 0. The second kappa shape index (κ2) is 7.41. The van der Waals surface area contributed by atoms with E-state index in [-0.39, 0.29) is 17.2 Å². The monoisotopic (exact) mass is 361 g/mol. The number of rotatable bonds is 3. The topological polar surface area (TPSA) is 71.3 Å². The molecule has 27 heavy (non-hydrogen) atoms. The van der Waals surface area contributed by atoms with Gasteiger partial charge < -0.3 is 9.80 Å². The molecule has 1 fully saturated rings. The molecule has 1 amide bonds. The molecule has 1 saturated heterocycles. The van der Waals surface area contributed by atoms with Crippen LogP contribution >= 0.6 is 0 Å². The minimum atomic E-state index is -0.266. The van der Waals surface area contributed by atoms with Crippen LogP contribution in [0.5, 0.6) is 0 Å². The number of hydrogen-bond donors (Lipinski definition) is 0. The highest BCUT2D eigenvalue weighted by Crippen LogP contribution is 2.14. The summed E-state index contributed by atoms with van der Waals surface area (Å²) in [6, 6.07) is 17.8. The number of anilines is 1. The highest BCUT2D eigenvalue weighted by Gasteiger charge is 2.24. The van der Waals surface area contributed by atoms with E-state index >= 15 is 0 Å². The Labute approximate surface area is 156 Å². The van der Waals surface area contributed by atoms with Gasteiger partial charge in [-0.3, -0.25) is 9.59 Å². The van der Waals surface area contributed by atoms with Crippen LogP contribution in [-0.4, -0.2) is 51.8 Å². The van der Waals surface area contributed by atoms with E-state index in [1.165, 1.54) is 16.8 Å². The summed E-state index contributed by atoms with van der Waals surface area (Å²) in [6.07, 6.45) is 1.77. The van der Waals surface area contributed by atoms with Gasteiger partial charge in [-0.2, -0.15) is 9.78 Å². The van der Waals surface area contributed by atoms with Crippen LogP contribution in [0, 0.1) is 0 Å². The molecule has 0 unspecified atom stereocenters. The molecule has 7 heteroatoms. The van der Waals surface area contributed by atoms with E-state index < -0.39 is 0 Å². The number of carbonyl (C=O) groups excluding carboxylic acids is 1. The number of carbonyl (C=O) groups is 1. The van der Waals surface area contributed by atoms with Gasteiger partial charge in [0.25, 0.3) is 11.5 Å². The van der Waals surface area contributed by atoms with Crippen molar-refractivity contribution in [2.24, 2.45) is 0 Å². The zero-order valence-electron chi connectivity index (χ0n) is 14.7. The Kier molecular flexibility index (Phi) is 4.65. The molecule has 7 nitrogen and oxygen atoms in total. The molecule has 1 aromatic carbocycles. The van der Waals surface area contributed by atoms with E-state index in [9.17, 15) is 9.59 Å². The number of benzene rings is 1. The highest BCUT2D eigenvalue weighted by atomic mass is 16.2. The molecular weight excluding hydrogens is 342 g/mol. The standard InChI is InChI=1S/C20H19N5O2/c26-19-10-9-17(22-25(19)16-6-2-1-3-7-16)20(27)24-14-12-23(13-15-24)18-8-4-5-11-21-18/h1-11H,12-15H2. The fourth-order valence-corrected chi connectivity index (χ4v) is 3.12. The van der Waals surface area contributed by atoms with Gasteiger partial charge in [0.1, 0.15) is 11.5 Å². The molecule has 2 aromatic heterocycles. The van der Waals surface area contributed by atoms with Crippen molar-refractivity contribution in [1.82, 2.24) is 19.7 Å². The van der Waals surface area contributed by atoms with Gasteiger partial charge in [0, 0.05) is 38.4 Å². The molecule has 0 atom stereocenters. The molecule has 0 spiro atoms. The van der Waals surface area contributed by atoms with E-state index in [2.05, 4.69) is 15.0 Å². The van der Waals surface area contributed by atoms with Gasteiger partial charge in [-0.05, 0) is 30.3 Å². The van der Waals surface area contributed by atoms with E-state index in [1.807, 2.05) is 36.4 Å². The second-order valence-electron chi connectivity index (χ2n) is 6.27. The van der Waals surface area contributed by atoms with E-state index in [1.54, 1.807) is 23.2 Å². The van der Waals surface area contributed by atoms with Gasteiger partial charge in [0.05, 0.1) is 5.69 Å². The third-order valence-electron chi connectivity index (χ3n) is 4.56. The number of para-hydroxylation sites is 1. The average Bonchev–Trinajstić information content (AvgIpc) is 2.75. The van der Waals surface area contributed by atoms with Crippen LogP contribution in [-0.2, 0) is 0 Å². The van der Waals surface area contributed by atoms with Crippen molar-refractivity contribution in [1.29, 1.82) is 0 Å². The Morgan fingerprint density at radius 3 is 2.30 bits per heavy atom. The summed E-state index contributed by atoms with van der Waals surface area (Å²) in [5, 5.41) is 4.28. The van der Waals surface area contributed by atoms with E-state index in [0.717, 1.165) is 5.82 Å². The summed E-state index contributed by atoms with van der Waals surface area (Å²) in [6.45, 7) is 2.59. The number of piperazine rings is 1. The fourth-order valence-electron chi connectivity index (χ4n) is 3.12. The van der Waals surface area contributed by atoms with Crippen LogP contribution in [0.1, 0.15) is 10.5 Å². The first-order valence-electron chi connectivity index (χ1n) is 8.83. The van der Waals surface area contributed by atoms with Gasteiger partial charge in [-0.15, -0.1) is 0 Å². The smallest absolute Gasteiger partial charge is 0.274 e. The molecule has 4 rings (SSSR count). The van der Waals surface area contributed by atoms with Crippen molar-refractivity contribution in [3.63, 3.8) is 0 Å². The Hall–Kier alpha value is -3.48. The van der Waals surface area contributed by atoms with Gasteiger partial charge in [0.15, 0.2) is 0 Å². The lowest BCUT2D eigenvalue weighted by atomic mass is 10.2. The molecule has 3 aromatic rings. The Balaban J connectivity index is 1.50. The van der Waals surface area contributed by atoms with Crippen molar-refractivity contribution in [3.05, 3.63) is 82.9 Å². The lowest BCUT2D eigenvalue weighted by Gasteiger charge is -2.35. The molecule has 0 aliphatic carbocycles. The maximum Gasteiger partial charge on any atom is 0.274 e. The molecule has 136 valence electrons. The maximum atomic E-state index is 12.9. The minimum absolute atomic E-state index is 0.166. The van der Waals surface area contributed by atoms with Gasteiger partial charge in [0.2, 0.25) is 0 Å². The first-order chi connectivity index (χ1) is 13.2. The third kappa shape index (κ3) is 3.57. The van der Waals surface area contributed by atoms with E-state index in [4.69, 9.17) is 0 Å². The first kappa shape index (κ1) is 17.0. The molecule has 0 radical (unpaired) electrons. The number of amides is 1. The number of aromatic nitrogens is 3. The zero-order valence-corrected chi connectivity index (χ0v) is 14.7. The predicted octanol–water partition coefficient (Wildman–Crippen LogP) is 1.59. The quantitative estimate of drug-likeness (QED) is 0.708. The van der Waals surface area contributed by atoms with Gasteiger partial charge in [-0.25, -0.2) is 4.98 Å². The maximum absolute atomic E-state index is 12.9. The zero-order chi connectivity index (χ0) is 18.6. The van der Waals surface area contributed by atoms with E-state index in [0.29, 0.717) is 31.9 Å². The highest BCUT2D eigenvalue weighted by molar-refractivity contribution is 5.92. The Bertz CT molecular complexity index is 980. The normalized spacial score (nSPS) is 14.2. The molecule has 0 N–H and O–H groups in total. The van der Waals surface area contributed by atoms with Gasteiger partial charge in [-0.1, -0.05) is 24.3 Å². The summed E-state index contributed by atoms with van der Waals surface area (Å²) < 4.78 is 1.26. The average molecular weight is 361 g/mol. The molecular formula is C20H19N5O2. The predicted molar refractivity (Wildman–Crippen MR) is 102 cm³/mol. The minimum Gasteiger partial charge on any atom is -0.353 e. The molecule has 0 bridgehead atoms. The van der Waals surface area contributed by atoms with Crippen LogP contribution in [0.15, 0.2) is 71.7 Å². The van der Waals surface area contributed by atoms with Crippen LogP contribution < -0.4 is 10.5 Å². The van der Waals surface area contributed by atoms with Crippen molar-refractivity contribution in [2.75, 3.05) is 31.1 Å². The summed E-state index contributed by atoms with van der Waals surface area (Å²) in [4.78, 5) is 33.3. The number of hydrogen-bond acceptors (Lipinski definition) is 5. The lowest BCUT2D eigenvalue weighted by Crippen LogP contribution is -2.49. The summed E-state index contributed by atoms with van der Waals surface area (Å²) in [5.74, 6) is 0.751. The van der Waals surface area contributed by atoms with Crippen LogP contribution in [0.2, 0.25) is 0 Å². The van der Waals surface area contributed by atoms with Gasteiger partial charge >= 0.3 is 0 Å². The largest absolute Gasteiger partial charge is 0.353 e. The number of pyridine rings is 1. The lowest BCUT2D eigenvalue weighted by molar-refractivity contribution is 0.0738. The molecule has 1 aliphatic rings.